The van der Waals surface area contributed by atoms with Crippen molar-refractivity contribution in [2.24, 2.45) is 0 Å². The lowest BCUT2D eigenvalue weighted by Gasteiger charge is -2.13. The highest BCUT2D eigenvalue weighted by atomic mass is 16.5. The average molecular weight is 274 g/mol. The number of aromatic nitrogens is 2. The molecule has 0 amide bonds. The summed E-state index contributed by atoms with van der Waals surface area (Å²) < 4.78 is 10.6. The molecule has 0 spiro atoms. The van der Waals surface area contributed by atoms with Gasteiger partial charge in [0.1, 0.15) is 17.5 Å². The Bertz CT molecular complexity index is 543. The number of nitrogens with zero attached hydrogens (tertiary/aromatic N) is 2. The molecule has 0 aliphatic heterocycles. The van der Waals surface area contributed by atoms with E-state index in [4.69, 9.17) is 9.47 Å². The first kappa shape index (κ1) is 14.3. The zero-order valence-corrected chi connectivity index (χ0v) is 11.6. The van der Waals surface area contributed by atoms with E-state index in [0.717, 1.165) is 12.2 Å². The maximum atomic E-state index is 10.3. The first-order valence-electron chi connectivity index (χ1n) is 6.52. The van der Waals surface area contributed by atoms with Gasteiger partial charge in [-0.25, -0.2) is 4.98 Å². The summed E-state index contributed by atoms with van der Waals surface area (Å²) in [6, 6.07) is 7.28. The number of aliphatic hydroxyl groups excluding tert-OH is 1. The van der Waals surface area contributed by atoms with Gasteiger partial charge in [0.2, 0.25) is 5.88 Å². The maximum absolute atomic E-state index is 10.3. The minimum Gasteiger partial charge on any atom is -0.494 e. The van der Waals surface area contributed by atoms with Crippen LogP contribution in [0.1, 0.15) is 30.7 Å². The van der Waals surface area contributed by atoms with E-state index in [-0.39, 0.29) is 0 Å². The number of benzene rings is 1. The van der Waals surface area contributed by atoms with Gasteiger partial charge in [-0.05, 0) is 24.1 Å². The van der Waals surface area contributed by atoms with Crippen molar-refractivity contribution in [3.63, 3.8) is 0 Å². The third kappa shape index (κ3) is 3.24. The molecule has 0 bridgehead atoms. The molecule has 1 N–H and O–H groups in total. The van der Waals surface area contributed by atoms with Crippen LogP contribution in [-0.4, -0.2) is 28.8 Å². The summed E-state index contributed by atoms with van der Waals surface area (Å²) in [6.07, 6.45) is 3.14. The molecule has 0 aliphatic carbocycles. The van der Waals surface area contributed by atoms with Crippen molar-refractivity contribution in [1.82, 2.24) is 9.97 Å². The van der Waals surface area contributed by atoms with Gasteiger partial charge in [-0.15, -0.1) is 0 Å². The second-order valence-electron chi connectivity index (χ2n) is 4.27. The quantitative estimate of drug-likeness (QED) is 0.876. The van der Waals surface area contributed by atoms with Gasteiger partial charge in [0, 0.05) is 12.4 Å². The molecule has 0 aliphatic rings. The van der Waals surface area contributed by atoms with Crippen molar-refractivity contribution in [3.8, 4) is 11.6 Å². The van der Waals surface area contributed by atoms with E-state index >= 15 is 0 Å². The van der Waals surface area contributed by atoms with E-state index in [9.17, 15) is 5.11 Å². The fourth-order valence-electron chi connectivity index (χ4n) is 1.80. The Morgan fingerprint density at radius 3 is 2.50 bits per heavy atom. The van der Waals surface area contributed by atoms with Gasteiger partial charge >= 0.3 is 0 Å². The van der Waals surface area contributed by atoms with E-state index < -0.39 is 6.10 Å². The van der Waals surface area contributed by atoms with Crippen molar-refractivity contribution >= 4 is 0 Å². The predicted molar refractivity (Wildman–Crippen MR) is 74.9 cm³/mol. The highest BCUT2D eigenvalue weighted by Crippen LogP contribution is 2.27. The van der Waals surface area contributed by atoms with Gasteiger partial charge in [-0.2, -0.15) is 0 Å². The van der Waals surface area contributed by atoms with Crippen molar-refractivity contribution < 1.29 is 14.6 Å². The standard InChI is InChI=1S/C15H18N2O3/c1-3-10-20-12-6-4-11(5-7-12)14(18)13-15(19-2)17-9-8-16-13/h4-9,14,18H,3,10H2,1-2H3. The Labute approximate surface area is 118 Å². The molecule has 2 aromatic rings. The van der Waals surface area contributed by atoms with Crippen LogP contribution in [0.4, 0.5) is 0 Å². The zero-order valence-electron chi connectivity index (χ0n) is 11.6. The Morgan fingerprint density at radius 2 is 1.85 bits per heavy atom. The first-order valence-corrected chi connectivity index (χ1v) is 6.52. The van der Waals surface area contributed by atoms with Crippen molar-refractivity contribution in [3.05, 3.63) is 47.9 Å². The number of hydrogen-bond acceptors (Lipinski definition) is 5. The van der Waals surface area contributed by atoms with E-state index in [1.165, 1.54) is 19.5 Å². The van der Waals surface area contributed by atoms with Crippen molar-refractivity contribution in [2.75, 3.05) is 13.7 Å². The normalized spacial score (nSPS) is 11.9. The molecule has 5 nitrogen and oxygen atoms in total. The second kappa shape index (κ2) is 6.86. The number of methoxy groups -OCH3 is 1. The van der Waals surface area contributed by atoms with Gasteiger partial charge in [0.05, 0.1) is 13.7 Å². The Hall–Kier alpha value is -2.14. The first-order chi connectivity index (χ1) is 9.76. The molecular formula is C15H18N2O3. The average Bonchev–Trinajstić information content (AvgIpc) is 2.52. The number of aliphatic hydroxyl groups is 1. The SMILES string of the molecule is CCCOc1ccc(C(O)c2nccnc2OC)cc1. The molecule has 2 rings (SSSR count). The minimum absolute atomic E-state index is 0.325. The van der Waals surface area contributed by atoms with Gasteiger partial charge in [-0.1, -0.05) is 19.1 Å². The van der Waals surface area contributed by atoms with Crippen LogP contribution >= 0.6 is 0 Å². The molecule has 0 radical (unpaired) electrons. The molecule has 5 heteroatoms. The smallest absolute Gasteiger partial charge is 0.238 e. The van der Waals surface area contributed by atoms with Crippen LogP contribution in [0, 0.1) is 0 Å². The Kier molecular flexibility index (Phi) is 4.90. The molecule has 0 saturated carbocycles. The Balaban J connectivity index is 2.18. The summed E-state index contributed by atoms with van der Waals surface area (Å²) in [6.45, 7) is 2.73. The van der Waals surface area contributed by atoms with Crippen LogP contribution in [0.3, 0.4) is 0 Å². The molecule has 1 aromatic heterocycles. The molecule has 1 heterocycles. The van der Waals surface area contributed by atoms with Crippen LogP contribution in [0.2, 0.25) is 0 Å². The maximum Gasteiger partial charge on any atom is 0.238 e. The van der Waals surface area contributed by atoms with Crippen LogP contribution in [0.25, 0.3) is 0 Å². The topological polar surface area (TPSA) is 64.5 Å². The van der Waals surface area contributed by atoms with Crippen LogP contribution in [-0.2, 0) is 0 Å². The van der Waals surface area contributed by atoms with E-state index in [2.05, 4.69) is 16.9 Å². The van der Waals surface area contributed by atoms with Gasteiger partial charge in [0.25, 0.3) is 0 Å². The molecule has 0 fully saturated rings. The highest BCUT2D eigenvalue weighted by molar-refractivity contribution is 5.34. The summed E-state index contributed by atoms with van der Waals surface area (Å²) in [5.74, 6) is 1.11. The van der Waals surface area contributed by atoms with Gasteiger partial charge in [0.15, 0.2) is 0 Å². The summed E-state index contributed by atoms with van der Waals surface area (Å²) >= 11 is 0. The van der Waals surface area contributed by atoms with E-state index in [0.29, 0.717) is 23.7 Å². The van der Waals surface area contributed by atoms with E-state index in [1.54, 1.807) is 0 Å². The van der Waals surface area contributed by atoms with Gasteiger partial charge in [-0.3, -0.25) is 4.98 Å². The monoisotopic (exact) mass is 274 g/mol. The fourth-order valence-corrected chi connectivity index (χ4v) is 1.80. The lowest BCUT2D eigenvalue weighted by molar-refractivity contribution is 0.207. The Morgan fingerprint density at radius 1 is 1.15 bits per heavy atom. The predicted octanol–water partition coefficient (Wildman–Crippen LogP) is 2.36. The highest BCUT2D eigenvalue weighted by Gasteiger charge is 2.17. The van der Waals surface area contributed by atoms with Crippen LogP contribution in [0.15, 0.2) is 36.7 Å². The van der Waals surface area contributed by atoms with Crippen molar-refractivity contribution in [1.29, 1.82) is 0 Å². The summed E-state index contributed by atoms with van der Waals surface area (Å²) in [7, 11) is 1.50. The van der Waals surface area contributed by atoms with Crippen LogP contribution < -0.4 is 9.47 Å². The molecule has 106 valence electrons. The molecule has 1 aromatic carbocycles. The molecule has 1 atom stereocenters. The second-order valence-corrected chi connectivity index (χ2v) is 4.27. The molecular weight excluding hydrogens is 256 g/mol. The summed E-state index contributed by atoms with van der Waals surface area (Å²) in [4.78, 5) is 8.16. The number of rotatable bonds is 6. The van der Waals surface area contributed by atoms with Gasteiger partial charge < -0.3 is 14.6 Å². The molecule has 20 heavy (non-hydrogen) atoms. The molecule has 0 saturated heterocycles. The number of hydrogen-bond donors (Lipinski definition) is 1. The largest absolute Gasteiger partial charge is 0.494 e. The zero-order chi connectivity index (χ0) is 14.4. The lowest BCUT2D eigenvalue weighted by atomic mass is 10.1. The van der Waals surface area contributed by atoms with E-state index in [1.807, 2.05) is 24.3 Å². The van der Waals surface area contributed by atoms with Crippen LogP contribution in [0.5, 0.6) is 11.6 Å². The third-order valence-corrected chi connectivity index (χ3v) is 2.81. The van der Waals surface area contributed by atoms with Crippen molar-refractivity contribution in [2.45, 2.75) is 19.4 Å². The third-order valence-electron chi connectivity index (χ3n) is 2.81. The molecule has 1 unspecified atom stereocenters. The minimum atomic E-state index is -0.876. The summed E-state index contributed by atoms with van der Waals surface area (Å²) in [5.41, 5.74) is 1.12. The fraction of sp³-hybridized carbons (Fsp3) is 0.333. The summed E-state index contributed by atoms with van der Waals surface area (Å²) in [5, 5.41) is 10.3. The number of ether oxygens (including phenoxy) is 2. The lowest BCUT2D eigenvalue weighted by Crippen LogP contribution is -2.06.